The molecule has 0 amide bonds. The van der Waals surface area contributed by atoms with E-state index in [1.807, 2.05) is 55.5 Å². The highest BCUT2D eigenvalue weighted by Crippen LogP contribution is 2.21. The van der Waals surface area contributed by atoms with Crippen molar-refractivity contribution in [3.63, 3.8) is 0 Å². The lowest BCUT2D eigenvalue weighted by Crippen LogP contribution is -1.99. The molecule has 17 heavy (non-hydrogen) atoms. The van der Waals surface area contributed by atoms with Gasteiger partial charge in [0, 0.05) is 5.56 Å². The number of hydrogen-bond donors (Lipinski definition) is 1. The highest BCUT2D eigenvalue weighted by molar-refractivity contribution is 5.36. The van der Waals surface area contributed by atoms with Crippen molar-refractivity contribution in [1.29, 1.82) is 0 Å². The molecule has 0 aliphatic heterocycles. The quantitative estimate of drug-likeness (QED) is 0.871. The van der Waals surface area contributed by atoms with Crippen LogP contribution >= 0.6 is 0 Å². The molecular formula is C15H16O2. The molecule has 0 unspecified atom stereocenters. The van der Waals surface area contributed by atoms with Gasteiger partial charge in [0.25, 0.3) is 0 Å². The van der Waals surface area contributed by atoms with Crippen molar-refractivity contribution in [2.75, 3.05) is 0 Å². The molecule has 0 spiro atoms. The van der Waals surface area contributed by atoms with Crippen molar-refractivity contribution in [3.8, 4) is 5.75 Å². The van der Waals surface area contributed by atoms with Gasteiger partial charge in [0.15, 0.2) is 0 Å². The van der Waals surface area contributed by atoms with Gasteiger partial charge in [0.2, 0.25) is 0 Å². The number of benzene rings is 2. The Bertz CT molecular complexity index is 478. The van der Waals surface area contributed by atoms with Gasteiger partial charge < -0.3 is 9.84 Å². The molecule has 1 N–H and O–H groups in total. The lowest BCUT2D eigenvalue weighted by Gasteiger charge is -2.11. The summed E-state index contributed by atoms with van der Waals surface area (Å²) in [6.07, 6.45) is 0. The highest BCUT2D eigenvalue weighted by atomic mass is 16.5. The van der Waals surface area contributed by atoms with E-state index in [2.05, 4.69) is 0 Å². The number of rotatable bonds is 4. The summed E-state index contributed by atoms with van der Waals surface area (Å²) in [4.78, 5) is 0. The van der Waals surface area contributed by atoms with E-state index in [-0.39, 0.29) is 6.61 Å². The molecule has 0 saturated heterocycles. The van der Waals surface area contributed by atoms with E-state index in [9.17, 15) is 5.11 Å². The molecule has 2 nitrogen and oxygen atoms in total. The van der Waals surface area contributed by atoms with Crippen LogP contribution in [0.3, 0.4) is 0 Å². The number of aliphatic hydroxyl groups is 1. The first-order valence-corrected chi connectivity index (χ1v) is 5.66. The normalized spacial score (nSPS) is 10.2. The first-order valence-electron chi connectivity index (χ1n) is 5.66. The molecule has 2 rings (SSSR count). The molecule has 0 heterocycles. The third kappa shape index (κ3) is 3.08. The van der Waals surface area contributed by atoms with Crippen LogP contribution in [-0.4, -0.2) is 5.11 Å². The summed E-state index contributed by atoms with van der Waals surface area (Å²) in [6.45, 7) is 2.54. The maximum Gasteiger partial charge on any atom is 0.125 e. The van der Waals surface area contributed by atoms with Gasteiger partial charge in [-0.3, -0.25) is 0 Å². The Morgan fingerprint density at radius 3 is 2.53 bits per heavy atom. The van der Waals surface area contributed by atoms with Gasteiger partial charge in [0.05, 0.1) is 6.61 Å². The zero-order valence-corrected chi connectivity index (χ0v) is 9.89. The Hall–Kier alpha value is -1.80. The topological polar surface area (TPSA) is 29.5 Å². The fraction of sp³-hybridized carbons (Fsp3) is 0.200. The zero-order chi connectivity index (χ0) is 12.1. The zero-order valence-electron chi connectivity index (χ0n) is 9.89. The van der Waals surface area contributed by atoms with Gasteiger partial charge in [0.1, 0.15) is 12.4 Å². The monoisotopic (exact) mass is 228 g/mol. The summed E-state index contributed by atoms with van der Waals surface area (Å²) in [6, 6.07) is 15.8. The summed E-state index contributed by atoms with van der Waals surface area (Å²) in [5.74, 6) is 0.761. The molecule has 0 saturated carbocycles. The van der Waals surface area contributed by atoms with E-state index in [4.69, 9.17) is 4.74 Å². The number of aliphatic hydroxyl groups excluding tert-OH is 1. The van der Waals surface area contributed by atoms with Gasteiger partial charge >= 0.3 is 0 Å². The maximum atomic E-state index is 9.23. The van der Waals surface area contributed by atoms with Crippen molar-refractivity contribution in [2.24, 2.45) is 0 Å². The minimum atomic E-state index is 0.00437. The minimum Gasteiger partial charge on any atom is -0.489 e. The number of aryl methyl sites for hydroxylation is 1. The van der Waals surface area contributed by atoms with Crippen LogP contribution in [0, 0.1) is 6.92 Å². The number of ether oxygens (including phenoxy) is 1. The summed E-state index contributed by atoms with van der Waals surface area (Å²) >= 11 is 0. The van der Waals surface area contributed by atoms with Crippen LogP contribution in [0.5, 0.6) is 5.75 Å². The maximum absolute atomic E-state index is 9.23. The summed E-state index contributed by atoms with van der Waals surface area (Å²) in [7, 11) is 0. The van der Waals surface area contributed by atoms with Crippen LogP contribution in [0.1, 0.15) is 16.7 Å². The van der Waals surface area contributed by atoms with Gasteiger partial charge in [-0.2, -0.15) is 0 Å². The van der Waals surface area contributed by atoms with Crippen LogP contribution in [0.2, 0.25) is 0 Å². The predicted molar refractivity (Wildman–Crippen MR) is 67.9 cm³/mol. The lowest BCUT2D eigenvalue weighted by molar-refractivity contribution is 0.259. The van der Waals surface area contributed by atoms with Gasteiger partial charge in [-0.25, -0.2) is 0 Å². The number of hydrogen-bond acceptors (Lipinski definition) is 2. The van der Waals surface area contributed by atoms with E-state index >= 15 is 0 Å². The van der Waals surface area contributed by atoms with Crippen molar-refractivity contribution in [2.45, 2.75) is 20.1 Å². The molecule has 0 aliphatic carbocycles. The lowest BCUT2D eigenvalue weighted by atomic mass is 10.1. The predicted octanol–water partition coefficient (Wildman–Crippen LogP) is 3.07. The summed E-state index contributed by atoms with van der Waals surface area (Å²) < 4.78 is 5.73. The molecule has 0 atom stereocenters. The van der Waals surface area contributed by atoms with Crippen LogP contribution in [0.25, 0.3) is 0 Å². The molecule has 2 aromatic carbocycles. The molecule has 0 aliphatic rings. The second-order valence-corrected chi connectivity index (χ2v) is 4.04. The average Bonchev–Trinajstić information content (AvgIpc) is 2.38. The molecule has 0 fully saturated rings. The van der Waals surface area contributed by atoms with E-state index in [1.165, 1.54) is 0 Å². The standard InChI is InChI=1S/C15H16O2/c1-12-7-8-14(10-16)15(9-12)17-11-13-5-3-2-4-6-13/h2-9,16H,10-11H2,1H3. The summed E-state index contributed by atoms with van der Waals surface area (Å²) in [5, 5.41) is 9.23. The van der Waals surface area contributed by atoms with Gasteiger partial charge in [-0.1, -0.05) is 42.5 Å². The second-order valence-electron chi connectivity index (χ2n) is 4.04. The third-order valence-electron chi connectivity index (χ3n) is 2.63. The minimum absolute atomic E-state index is 0.00437. The molecule has 0 bridgehead atoms. The molecular weight excluding hydrogens is 212 g/mol. The van der Waals surface area contributed by atoms with Crippen LogP contribution in [0.15, 0.2) is 48.5 Å². The Morgan fingerprint density at radius 2 is 1.82 bits per heavy atom. The molecule has 0 aromatic heterocycles. The van der Waals surface area contributed by atoms with Crippen LogP contribution < -0.4 is 4.74 Å². The van der Waals surface area contributed by atoms with Crippen molar-refractivity contribution in [1.82, 2.24) is 0 Å². The van der Waals surface area contributed by atoms with E-state index in [0.29, 0.717) is 6.61 Å². The van der Waals surface area contributed by atoms with Crippen LogP contribution in [0.4, 0.5) is 0 Å². The fourth-order valence-electron chi connectivity index (χ4n) is 1.66. The molecule has 2 aromatic rings. The van der Waals surface area contributed by atoms with Gasteiger partial charge in [-0.15, -0.1) is 0 Å². The molecule has 0 radical (unpaired) electrons. The largest absolute Gasteiger partial charge is 0.489 e. The van der Waals surface area contributed by atoms with Crippen molar-refractivity contribution < 1.29 is 9.84 Å². The van der Waals surface area contributed by atoms with E-state index < -0.39 is 0 Å². The average molecular weight is 228 g/mol. The first-order chi connectivity index (χ1) is 8.29. The van der Waals surface area contributed by atoms with Crippen molar-refractivity contribution in [3.05, 3.63) is 65.2 Å². The Morgan fingerprint density at radius 1 is 1.06 bits per heavy atom. The van der Waals surface area contributed by atoms with Crippen LogP contribution in [-0.2, 0) is 13.2 Å². The Balaban J connectivity index is 2.11. The first kappa shape index (κ1) is 11.7. The summed E-state index contributed by atoms with van der Waals surface area (Å²) in [5.41, 5.74) is 3.08. The highest BCUT2D eigenvalue weighted by Gasteiger charge is 2.03. The van der Waals surface area contributed by atoms with Gasteiger partial charge in [-0.05, 0) is 24.1 Å². The smallest absolute Gasteiger partial charge is 0.125 e. The molecule has 2 heteroatoms. The van der Waals surface area contributed by atoms with E-state index in [1.54, 1.807) is 0 Å². The van der Waals surface area contributed by atoms with E-state index in [0.717, 1.165) is 22.4 Å². The Labute approximate surface area is 101 Å². The SMILES string of the molecule is Cc1ccc(CO)c(OCc2ccccc2)c1. The third-order valence-corrected chi connectivity index (χ3v) is 2.63. The Kier molecular flexibility index (Phi) is 3.78. The molecule has 88 valence electrons. The van der Waals surface area contributed by atoms with Crippen molar-refractivity contribution >= 4 is 0 Å². The fourth-order valence-corrected chi connectivity index (χ4v) is 1.66. The second kappa shape index (κ2) is 5.51.